The first-order valence-corrected chi connectivity index (χ1v) is 7.80. The topological polar surface area (TPSA) is 79.5 Å². The summed E-state index contributed by atoms with van der Waals surface area (Å²) in [5, 5.41) is 3.09. The molecule has 3 N–H and O–H groups in total. The number of nitrogens with one attached hydrogen (secondary N) is 3. The van der Waals surface area contributed by atoms with Crippen molar-refractivity contribution in [3.05, 3.63) is 70.7 Å². The second kappa shape index (κ2) is 7.33. The Morgan fingerprint density at radius 3 is 2.58 bits per heavy atom. The fourth-order valence-corrected chi connectivity index (χ4v) is 2.74. The van der Waals surface area contributed by atoms with Gasteiger partial charge in [0.1, 0.15) is 12.6 Å². The Hall–Kier alpha value is -2.57. The average molecular weight is 346 g/mol. The number of rotatable bonds is 4. The van der Waals surface area contributed by atoms with Crippen molar-refractivity contribution in [3.63, 3.8) is 0 Å². The van der Waals surface area contributed by atoms with Crippen molar-refractivity contribution in [1.82, 2.24) is 16.2 Å². The van der Waals surface area contributed by atoms with E-state index in [-0.39, 0.29) is 12.5 Å². The Labute approximate surface area is 144 Å². The van der Waals surface area contributed by atoms with Crippen molar-refractivity contribution in [2.24, 2.45) is 0 Å². The lowest BCUT2D eigenvalue weighted by Crippen LogP contribution is -2.43. The van der Waals surface area contributed by atoms with E-state index in [0.717, 1.165) is 5.56 Å². The van der Waals surface area contributed by atoms with Gasteiger partial charge in [-0.2, -0.15) is 0 Å². The monoisotopic (exact) mass is 345 g/mol. The highest BCUT2D eigenvalue weighted by Gasteiger charge is 2.38. The van der Waals surface area contributed by atoms with Crippen LogP contribution < -0.4 is 16.2 Å². The van der Waals surface area contributed by atoms with Crippen LogP contribution in [0.5, 0.6) is 0 Å². The maximum absolute atomic E-state index is 12.0. The lowest BCUT2D eigenvalue weighted by atomic mass is 10.0. The van der Waals surface area contributed by atoms with Crippen LogP contribution in [0.3, 0.4) is 0 Å². The summed E-state index contributed by atoms with van der Waals surface area (Å²) in [4.78, 5) is 24.0. The normalized spacial score (nSPS) is 19.6. The summed E-state index contributed by atoms with van der Waals surface area (Å²) >= 11 is 6.17. The Morgan fingerprint density at radius 2 is 1.83 bits per heavy atom. The zero-order valence-corrected chi connectivity index (χ0v) is 13.4. The van der Waals surface area contributed by atoms with Gasteiger partial charge in [0.25, 0.3) is 5.91 Å². The van der Waals surface area contributed by atoms with Gasteiger partial charge in [0.05, 0.1) is 6.04 Å². The Kier molecular flexibility index (Phi) is 4.98. The standard InChI is InChI=1S/C17H16ClN3O3/c18-13-9-5-4-8-12(13)14-15(16(22)21-20-14)19-17(23)24-10-11-6-2-1-3-7-11/h1-9,14-15,20H,10H2,(H,19,23)(H,21,22)/t14-,15-/m1/s1. The van der Waals surface area contributed by atoms with Crippen LogP contribution in [0.2, 0.25) is 5.02 Å². The van der Waals surface area contributed by atoms with Gasteiger partial charge in [-0.15, -0.1) is 0 Å². The lowest BCUT2D eigenvalue weighted by Gasteiger charge is -2.19. The molecule has 7 heteroatoms. The van der Waals surface area contributed by atoms with E-state index in [0.29, 0.717) is 10.6 Å². The van der Waals surface area contributed by atoms with Crippen molar-refractivity contribution in [2.75, 3.05) is 0 Å². The maximum atomic E-state index is 12.0. The van der Waals surface area contributed by atoms with Crippen LogP contribution in [0, 0.1) is 0 Å². The van der Waals surface area contributed by atoms with Crippen LogP contribution in [-0.4, -0.2) is 18.0 Å². The minimum Gasteiger partial charge on any atom is -0.445 e. The first-order valence-electron chi connectivity index (χ1n) is 7.42. The zero-order valence-electron chi connectivity index (χ0n) is 12.7. The van der Waals surface area contributed by atoms with E-state index < -0.39 is 18.2 Å². The van der Waals surface area contributed by atoms with Crippen LogP contribution >= 0.6 is 11.6 Å². The molecule has 1 aliphatic rings. The summed E-state index contributed by atoms with van der Waals surface area (Å²) in [6, 6.07) is 15.2. The van der Waals surface area contributed by atoms with Gasteiger partial charge in [-0.25, -0.2) is 10.2 Å². The van der Waals surface area contributed by atoms with Crippen molar-refractivity contribution in [3.8, 4) is 0 Å². The number of carbonyl (C=O) groups excluding carboxylic acids is 2. The van der Waals surface area contributed by atoms with Crippen molar-refractivity contribution < 1.29 is 14.3 Å². The third kappa shape index (κ3) is 3.67. The third-order valence-corrected chi connectivity index (χ3v) is 4.04. The fourth-order valence-electron chi connectivity index (χ4n) is 2.49. The molecule has 1 saturated heterocycles. The van der Waals surface area contributed by atoms with Gasteiger partial charge in [0.15, 0.2) is 0 Å². The minimum absolute atomic E-state index is 0.130. The van der Waals surface area contributed by atoms with Gasteiger partial charge in [-0.1, -0.05) is 60.1 Å². The molecule has 0 aromatic heterocycles. The van der Waals surface area contributed by atoms with E-state index in [1.54, 1.807) is 18.2 Å². The molecular weight excluding hydrogens is 330 g/mol. The summed E-state index contributed by atoms with van der Waals surface area (Å²) in [5.41, 5.74) is 6.92. The van der Waals surface area contributed by atoms with Crippen molar-refractivity contribution in [2.45, 2.75) is 18.7 Å². The van der Waals surface area contributed by atoms with E-state index in [9.17, 15) is 9.59 Å². The maximum Gasteiger partial charge on any atom is 0.408 e. The van der Waals surface area contributed by atoms with Crippen LogP contribution in [0.15, 0.2) is 54.6 Å². The number of hydrazine groups is 1. The van der Waals surface area contributed by atoms with E-state index >= 15 is 0 Å². The number of hydrogen-bond acceptors (Lipinski definition) is 4. The van der Waals surface area contributed by atoms with Gasteiger partial charge in [0, 0.05) is 5.02 Å². The predicted molar refractivity (Wildman–Crippen MR) is 89.0 cm³/mol. The Morgan fingerprint density at radius 1 is 1.12 bits per heavy atom. The minimum atomic E-state index is -0.812. The Balaban J connectivity index is 1.65. The molecular formula is C17H16ClN3O3. The largest absolute Gasteiger partial charge is 0.445 e. The highest BCUT2D eigenvalue weighted by molar-refractivity contribution is 6.31. The number of halogens is 1. The SMILES string of the molecule is O=C(N[C@H]1C(=O)NN[C@@H]1c1ccccc1Cl)OCc1ccccc1. The molecule has 1 aliphatic heterocycles. The number of hydrogen-bond donors (Lipinski definition) is 3. The molecule has 6 nitrogen and oxygen atoms in total. The van der Waals surface area contributed by atoms with Crippen molar-refractivity contribution in [1.29, 1.82) is 0 Å². The Bertz CT molecular complexity index is 739. The van der Waals surface area contributed by atoms with E-state index in [1.807, 2.05) is 36.4 Å². The lowest BCUT2D eigenvalue weighted by molar-refractivity contribution is -0.121. The smallest absolute Gasteiger partial charge is 0.408 e. The molecule has 1 fully saturated rings. The molecule has 2 aromatic carbocycles. The van der Waals surface area contributed by atoms with Gasteiger partial charge >= 0.3 is 6.09 Å². The summed E-state index contributed by atoms with van der Waals surface area (Å²) in [5.74, 6) is -0.350. The molecule has 3 rings (SSSR count). The van der Waals surface area contributed by atoms with Gasteiger partial charge in [-0.05, 0) is 17.2 Å². The molecule has 0 spiro atoms. The summed E-state index contributed by atoms with van der Waals surface area (Å²) < 4.78 is 5.16. The molecule has 0 bridgehead atoms. The van der Waals surface area contributed by atoms with E-state index in [1.165, 1.54) is 0 Å². The summed E-state index contributed by atoms with van der Waals surface area (Å²) in [7, 11) is 0. The summed E-state index contributed by atoms with van der Waals surface area (Å²) in [6.07, 6.45) is -0.667. The zero-order chi connectivity index (χ0) is 16.9. The fraction of sp³-hybridized carbons (Fsp3) is 0.176. The predicted octanol–water partition coefficient (Wildman–Crippen LogP) is 2.31. The van der Waals surface area contributed by atoms with Gasteiger partial charge in [0.2, 0.25) is 0 Å². The molecule has 0 unspecified atom stereocenters. The highest BCUT2D eigenvalue weighted by Crippen LogP contribution is 2.27. The molecule has 0 saturated carbocycles. The van der Waals surface area contributed by atoms with Gasteiger partial charge in [-0.3, -0.25) is 10.2 Å². The number of amides is 2. The molecule has 2 aromatic rings. The molecule has 124 valence electrons. The van der Waals surface area contributed by atoms with Crippen LogP contribution in [-0.2, 0) is 16.1 Å². The number of benzene rings is 2. The van der Waals surface area contributed by atoms with E-state index in [4.69, 9.17) is 16.3 Å². The third-order valence-electron chi connectivity index (χ3n) is 3.69. The summed E-state index contributed by atoms with van der Waals surface area (Å²) in [6.45, 7) is 0.130. The molecule has 0 radical (unpaired) electrons. The van der Waals surface area contributed by atoms with Crippen molar-refractivity contribution >= 4 is 23.6 Å². The molecule has 2 atom stereocenters. The number of ether oxygens (including phenoxy) is 1. The number of carbonyl (C=O) groups is 2. The first kappa shape index (κ1) is 16.3. The first-order chi connectivity index (χ1) is 11.6. The molecule has 0 aliphatic carbocycles. The second-order valence-electron chi connectivity index (χ2n) is 5.32. The quantitative estimate of drug-likeness (QED) is 0.794. The average Bonchev–Trinajstić information content (AvgIpc) is 2.95. The van der Waals surface area contributed by atoms with Crippen LogP contribution in [0.1, 0.15) is 17.2 Å². The van der Waals surface area contributed by atoms with Crippen LogP contribution in [0.4, 0.5) is 4.79 Å². The van der Waals surface area contributed by atoms with Crippen LogP contribution in [0.25, 0.3) is 0 Å². The highest BCUT2D eigenvalue weighted by atomic mass is 35.5. The molecule has 24 heavy (non-hydrogen) atoms. The van der Waals surface area contributed by atoms with E-state index in [2.05, 4.69) is 16.2 Å². The molecule has 1 heterocycles. The number of alkyl carbamates (subject to hydrolysis) is 1. The second-order valence-corrected chi connectivity index (χ2v) is 5.72. The van der Waals surface area contributed by atoms with Gasteiger partial charge < -0.3 is 10.1 Å². The molecule has 2 amide bonds.